The molecular weight excluding hydrogens is 440 g/mol. The zero-order valence-electron chi connectivity index (χ0n) is 15.2. The Hall–Kier alpha value is -2.75. The van der Waals surface area contributed by atoms with E-state index in [2.05, 4.69) is 10.1 Å². The van der Waals surface area contributed by atoms with Gasteiger partial charge in [0.2, 0.25) is 0 Å². The van der Waals surface area contributed by atoms with E-state index in [0.717, 1.165) is 7.11 Å². The van der Waals surface area contributed by atoms with Gasteiger partial charge >= 0.3 is 18.3 Å². The van der Waals surface area contributed by atoms with Gasteiger partial charge in [-0.3, -0.25) is 4.79 Å². The fourth-order valence-corrected chi connectivity index (χ4v) is 2.78. The minimum atomic E-state index is -5.11. The normalized spacial score (nSPS) is 12.9. The van der Waals surface area contributed by atoms with Crippen LogP contribution in [0.5, 0.6) is 0 Å². The van der Waals surface area contributed by atoms with Crippen molar-refractivity contribution in [3.8, 4) is 0 Å². The van der Waals surface area contributed by atoms with Crippen LogP contribution in [0.1, 0.15) is 27.0 Å². The van der Waals surface area contributed by atoms with E-state index in [9.17, 15) is 35.9 Å². The minimum Gasteiger partial charge on any atom is -0.467 e. The maximum atomic E-state index is 13.0. The Bertz CT molecular complexity index is 910. The monoisotopic (exact) mass is 453 g/mol. The second kappa shape index (κ2) is 8.95. The van der Waals surface area contributed by atoms with E-state index >= 15 is 0 Å². The first-order valence-electron chi connectivity index (χ1n) is 8.24. The van der Waals surface area contributed by atoms with Crippen LogP contribution in [0.4, 0.5) is 26.3 Å². The van der Waals surface area contributed by atoms with Crippen molar-refractivity contribution in [2.45, 2.75) is 24.8 Å². The van der Waals surface area contributed by atoms with Crippen LogP contribution in [-0.2, 0) is 28.3 Å². The molecule has 1 amide bonds. The molecule has 0 saturated carbocycles. The van der Waals surface area contributed by atoms with E-state index in [-0.39, 0.29) is 24.6 Å². The van der Waals surface area contributed by atoms with Crippen molar-refractivity contribution in [3.05, 3.63) is 69.7 Å². The summed E-state index contributed by atoms with van der Waals surface area (Å²) in [6, 6.07) is 5.26. The Balaban J connectivity index is 2.37. The molecule has 11 heteroatoms. The zero-order chi connectivity index (χ0) is 22.7. The van der Waals surface area contributed by atoms with Gasteiger partial charge in [-0.25, -0.2) is 4.79 Å². The highest BCUT2D eigenvalue weighted by molar-refractivity contribution is 6.30. The number of carbonyl (C=O) groups is 2. The van der Waals surface area contributed by atoms with Crippen LogP contribution in [0, 0.1) is 0 Å². The zero-order valence-corrected chi connectivity index (χ0v) is 16.0. The average molecular weight is 454 g/mol. The lowest BCUT2D eigenvalue weighted by Crippen LogP contribution is -2.43. The molecule has 2 aromatic carbocycles. The van der Waals surface area contributed by atoms with Gasteiger partial charge < -0.3 is 10.1 Å². The molecule has 2 rings (SSSR count). The Kier molecular flexibility index (Phi) is 7.02. The van der Waals surface area contributed by atoms with Crippen LogP contribution >= 0.6 is 11.6 Å². The van der Waals surface area contributed by atoms with E-state index < -0.39 is 47.0 Å². The average Bonchev–Trinajstić information content (AvgIpc) is 2.65. The number of carbonyl (C=O) groups excluding carboxylic acids is 2. The van der Waals surface area contributed by atoms with Crippen LogP contribution in [-0.4, -0.2) is 25.0 Å². The predicted molar refractivity (Wildman–Crippen MR) is 94.9 cm³/mol. The van der Waals surface area contributed by atoms with Crippen LogP contribution in [0.3, 0.4) is 0 Å². The van der Waals surface area contributed by atoms with Crippen LogP contribution < -0.4 is 5.32 Å². The van der Waals surface area contributed by atoms with Gasteiger partial charge in [0.25, 0.3) is 5.91 Å². The number of ether oxygens (including phenoxy) is 1. The maximum Gasteiger partial charge on any atom is 0.416 e. The molecule has 4 nitrogen and oxygen atoms in total. The van der Waals surface area contributed by atoms with Gasteiger partial charge in [0.15, 0.2) is 0 Å². The van der Waals surface area contributed by atoms with Crippen molar-refractivity contribution < 1.29 is 40.7 Å². The summed E-state index contributed by atoms with van der Waals surface area (Å²) in [5.41, 5.74) is -3.71. The molecule has 0 bridgehead atoms. The number of amides is 1. The molecule has 0 heterocycles. The van der Waals surface area contributed by atoms with Crippen molar-refractivity contribution in [2.75, 3.05) is 7.11 Å². The number of nitrogens with one attached hydrogen (secondary N) is 1. The van der Waals surface area contributed by atoms with Gasteiger partial charge in [0.05, 0.1) is 18.2 Å². The smallest absolute Gasteiger partial charge is 0.416 e. The highest BCUT2D eigenvalue weighted by Gasteiger charge is 2.37. The number of hydrogen-bond donors (Lipinski definition) is 1. The van der Waals surface area contributed by atoms with Crippen molar-refractivity contribution >= 4 is 23.5 Å². The van der Waals surface area contributed by atoms with E-state index in [1.165, 1.54) is 6.07 Å². The van der Waals surface area contributed by atoms with Gasteiger partial charge in [-0.05, 0) is 35.9 Å². The molecule has 0 aliphatic rings. The Morgan fingerprint density at radius 3 is 2.03 bits per heavy atom. The lowest BCUT2D eigenvalue weighted by atomic mass is 10.0. The second-order valence-corrected chi connectivity index (χ2v) is 6.61. The fraction of sp³-hybridized carbons (Fsp3) is 0.263. The first-order chi connectivity index (χ1) is 13.8. The standard InChI is InChI=1S/C19H14ClF6NO3/c1-30-17(29)15(6-10-3-2-4-14(20)5-10)27-16(28)11-7-12(18(21,22)23)9-13(8-11)19(24,25)26/h2-5,7-9,15H,6H2,1H3,(H,27,28)/t15-/m1/s1. The van der Waals surface area contributed by atoms with Crippen molar-refractivity contribution in [1.82, 2.24) is 5.32 Å². The van der Waals surface area contributed by atoms with Gasteiger partial charge in [0, 0.05) is 17.0 Å². The molecule has 0 aliphatic heterocycles. The Labute approximate surface area is 171 Å². The molecule has 1 N–H and O–H groups in total. The molecular formula is C19H14ClF6NO3. The van der Waals surface area contributed by atoms with Gasteiger partial charge in [-0.1, -0.05) is 23.7 Å². The summed E-state index contributed by atoms with van der Waals surface area (Å²) in [6.45, 7) is 0. The molecule has 0 radical (unpaired) electrons. The number of hydrogen-bond acceptors (Lipinski definition) is 3. The number of halogens is 7. The largest absolute Gasteiger partial charge is 0.467 e. The molecule has 2 aromatic rings. The summed E-state index contributed by atoms with van der Waals surface area (Å²) in [5, 5.41) is 2.45. The third kappa shape index (κ3) is 6.12. The molecule has 0 fully saturated rings. The predicted octanol–water partition coefficient (Wildman–Crippen LogP) is 4.89. The molecule has 0 unspecified atom stereocenters. The summed E-state index contributed by atoms with van der Waals surface area (Å²) in [5.74, 6) is -2.24. The number of benzene rings is 2. The lowest BCUT2D eigenvalue weighted by molar-refractivity contribution is -0.144. The van der Waals surface area contributed by atoms with Crippen LogP contribution in [0.25, 0.3) is 0 Å². The molecule has 0 spiro atoms. The van der Waals surface area contributed by atoms with E-state index in [1.54, 1.807) is 18.2 Å². The van der Waals surface area contributed by atoms with Crippen LogP contribution in [0.2, 0.25) is 5.02 Å². The summed E-state index contributed by atoms with van der Waals surface area (Å²) in [4.78, 5) is 24.4. The maximum absolute atomic E-state index is 13.0. The Morgan fingerprint density at radius 2 is 1.57 bits per heavy atom. The first kappa shape index (κ1) is 23.5. The summed E-state index contributed by atoms with van der Waals surface area (Å²) >= 11 is 5.85. The van der Waals surface area contributed by atoms with Gasteiger partial charge in [0.1, 0.15) is 6.04 Å². The van der Waals surface area contributed by atoms with Gasteiger partial charge in [-0.15, -0.1) is 0 Å². The van der Waals surface area contributed by atoms with Crippen molar-refractivity contribution in [2.24, 2.45) is 0 Å². The van der Waals surface area contributed by atoms with Crippen molar-refractivity contribution in [3.63, 3.8) is 0 Å². The quantitative estimate of drug-likeness (QED) is 0.518. The van der Waals surface area contributed by atoms with E-state index in [1.807, 2.05) is 0 Å². The number of alkyl halides is 6. The minimum absolute atomic E-state index is 0.0967. The number of esters is 1. The third-order valence-corrected chi connectivity index (χ3v) is 4.20. The van der Waals surface area contributed by atoms with Crippen molar-refractivity contribution in [1.29, 1.82) is 0 Å². The third-order valence-electron chi connectivity index (χ3n) is 3.97. The molecule has 1 atom stereocenters. The summed E-state index contributed by atoms with van der Waals surface area (Å²) in [6.07, 6.45) is -10.4. The van der Waals surface area contributed by atoms with Crippen LogP contribution in [0.15, 0.2) is 42.5 Å². The van der Waals surface area contributed by atoms with E-state index in [0.29, 0.717) is 10.6 Å². The van der Waals surface area contributed by atoms with Gasteiger partial charge in [-0.2, -0.15) is 26.3 Å². The number of rotatable bonds is 5. The fourth-order valence-electron chi connectivity index (χ4n) is 2.56. The number of methoxy groups -OCH3 is 1. The molecule has 162 valence electrons. The highest BCUT2D eigenvalue weighted by Crippen LogP contribution is 2.36. The lowest BCUT2D eigenvalue weighted by Gasteiger charge is -2.18. The topological polar surface area (TPSA) is 55.4 Å². The first-order valence-corrected chi connectivity index (χ1v) is 8.61. The summed E-state index contributed by atoms with van der Waals surface area (Å²) in [7, 11) is 1.02. The SMILES string of the molecule is COC(=O)[C@@H](Cc1cccc(Cl)c1)NC(=O)c1cc(C(F)(F)F)cc(C(F)(F)F)c1. The highest BCUT2D eigenvalue weighted by atomic mass is 35.5. The Morgan fingerprint density at radius 1 is 1.00 bits per heavy atom. The molecule has 0 saturated heterocycles. The van der Waals surface area contributed by atoms with E-state index in [4.69, 9.17) is 11.6 Å². The molecule has 30 heavy (non-hydrogen) atoms. The molecule has 0 aromatic heterocycles. The summed E-state index contributed by atoms with van der Waals surface area (Å²) < 4.78 is 82.5. The molecule has 0 aliphatic carbocycles. The second-order valence-electron chi connectivity index (χ2n) is 6.18.